The molecule has 0 aliphatic carbocycles. The highest BCUT2D eigenvalue weighted by atomic mass is 35.5. The van der Waals surface area contributed by atoms with Crippen LogP contribution in [0.5, 0.6) is 0 Å². The molecule has 104 valence electrons. The topological polar surface area (TPSA) is 73.6 Å². The number of hydrogen-bond acceptors (Lipinski definition) is 4. The van der Waals surface area contributed by atoms with Gasteiger partial charge in [-0.3, -0.25) is 0 Å². The van der Waals surface area contributed by atoms with E-state index in [0.29, 0.717) is 33.2 Å². The third kappa shape index (κ3) is 2.56. The summed E-state index contributed by atoms with van der Waals surface area (Å²) in [5.41, 5.74) is 3.25. The largest absolute Gasteiger partial charge is 0.356 e. The lowest BCUT2D eigenvalue weighted by Gasteiger charge is -1.99. The molecule has 0 saturated carbocycles. The van der Waals surface area contributed by atoms with Gasteiger partial charge in [-0.25, -0.2) is 0 Å². The zero-order valence-electron chi connectivity index (χ0n) is 11.2. The molecular formula is C17H8ClN3O. The van der Waals surface area contributed by atoms with E-state index in [2.05, 4.69) is 11.2 Å². The van der Waals surface area contributed by atoms with Crippen molar-refractivity contribution < 1.29 is 4.52 Å². The molecule has 0 aliphatic heterocycles. The van der Waals surface area contributed by atoms with E-state index < -0.39 is 0 Å². The van der Waals surface area contributed by atoms with Crippen molar-refractivity contribution in [2.45, 2.75) is 0 Å². The van der Waals surface area contributed by atoms with Crippen LogP contribution in [0.1, 0.15) is 11.1 Å². The maximum Gasteiger partial charge on any atom is 0.168 e. The predicted molar refractivity (Wildman–Crippen MR) is 81.8 cm³/mol. The van der Waals surface area contributed by atoms with Gasteiger partial charge in [0, 0.05) is 17.2 Å². The molecule has 0 saturated heterocycles. The molecule has 0 amide bonds. The van der Waals surface area contributed by atoms with Crippen LogP contribution < -0.4 is 0 Å². The Balaban J connectivity index is 1.97. The summed E-state index contributed by atoms with van der Waals surface area (Å²) in [6, 6.07) is 17.9. The highest BCUT2D eigenvalue weighted by molar-refractivity contribution is 6.33. The van der Waals surface area contributed by atoms with Gasteiger partial charge >= 0.3 is 0 Å². The standard InChI is InChI=1S/C17H8ClN3O/c18-15-7-12(10-20)3-6-14(15)17-8-16(21-22-17)13-4-1-11(9-19)2-5-13/h1-8H. The van der Waals surface area contributed by atoms with E-state index in [9.17, 15) is 0 Å². The highest BCUT2D eigenvalue weighted by Crippen LogP contribution is 2.31. The quantitative estimate of drug-likeness (QED) is 0.703. The van der Waals surface area contributed by atoms with Gasteiger partial charge in [0.05, 0.1) is 28.3 Å². The Bertz CT molecular complexity index is 914. The van der Waals surface area contributed by atoms with Crippen molar-refractivity contribution >= 4 is 11.6 Å². The molecule has 5 heteroatoms. The highest BCUT2D eigenvalue weighted by Gasteiger charge is 2.12. The zero-order chi connectivity index (χ0) is 15.5. The second kappa shape index (κ2) is 5.73. The maximum atomic E-state index is 8.85. The normalized spacial score (nSPS) is 9.95. The van der Waals surface area contributed by atoms with Crippen molar-refractivity contribution in [3.8, 4) is 34.7 Å². The number of nitriles is 2. The van der Waals surface area contributed by atoms with Crippen molar-refractivity contribution in [1.82, 2.24) is 5.16 Å². The van der Waals surface area contributed by atoms with Crippen molar-refractivity contribution in [3.63, 3.8) is 0 Å². The molecule has 22 heavy (non-hydrogen) atoms. The minimum Gasteiger partial charge on any atom is -0.356 e. The Morgan fingerprint density at radius 2 is 1.59 bits per heavy atom. The average Bonchev–Trinajstić information content (AvgIpc) is 3.04. The molecule has 0 bridgehead atoms. The Kier molecular flexibility index (Phi) is 3.62. The van der Waals surface area contributed by atoms with Crippen LogP contribution in [0, 0.1) is 22.7 Å². The molecule has 2 aromatic carbocycles. The molecule has 0 fully saturated rings. The summed E-state index contributed by atoms with van der Waals surface area (Å²) < 4.78 is 5.33. The van der Waals surface area contributed by atoms with Gasteiger partial charge in [-0.15, -0.1) is 0 Å². The summed E-state index contributed by atoms with van der Waals surface area (Å²) in [4.78, 5) is 0. The number of rotatable bonds is 2. The molecule has 0 radical (unpaired) electrons. The van der Waals surface area contributed by atoms with Crippen LogP contribution in [-0.4, -0.2) is 5.16 Å². The summed E-state index contributed by atoms with van der Waals surface area (Å²) in [6.45, 7) is 0. The van der Waals surface area contributed by atoms with Gasteiger partial charge in [0.15, 0.2) is 5.76 Å². The Morgan fingerprint density at radius 1 is 0.909 bits per heavy atom. The SMILES string of the molecule is N#Cc1ccc(-c2cc(-c3ccc(C#N)cc3Cl)on2)cc1. The lowest BCUT2D eigenvalue weighted by atomic mass is 10.1. The van der Waals surface area contributed by atoms with Crippen molar-refractivity contribution in [1.29, 1.82) is 10.5 Å². The molecule has 1 heterocycles. The van der Waals surface area contributed by atoms with Crippen molar-refractivity contribution in [2.75, 3.05) is 0 Å². The average molecular weight is 306 g/mol. The number of hydrogen-bond donors (Lipinski definition) is 0. The van der Waals surface area contributed by atoms with Gasteiger partial charge < -0.3 is 4.52 Å². The minimum atomic E-state index is 0.432. The first-order chi connectivity index (χ1) is 10.7. The van der Waals surface area contributed by atoms with Crippen LogP contribution in [0.25, 0.3) is 22.6 Å². The molecule has 4 nitrogen and oxygen atoms in total. The Labute approximate surface area is 131 Å². The number of benzene rings is 2. The fourth-order valence-corrected chi connectivity index (χ4v) is 2.31. The smallest absolute Gasteiger partial charge is 0.168 e. The third-order valence-electron chi connectivity index (χ3n) is 3.18. The van der Waals surface area contributed by atoms with E-state index in [1.807, 2.05) is 6.07 Å². The van der Waals surface area contributed by atoms with Crippen LogP contribution in [-0.2, 0) is 0 Å². The van der Waals surface area contributed by atoms with Crippen molar-refractivity contribution in [3.05, 3.63) is 64.7 Å². The number of halogens is 1. The molecule has 0 spiro atoms. The lowest BCUT2D eigenvalue weighted by Crippen LogP contribution is -1.80. The van der Waals surface area contributed by atoms with Crippen molar-refractivity contribution in [2.24, 2.45) is 0 Å². The predicted octanol–water partition coefficient (Wildman–Crippen LogP) is 4.41. The van der Waals surface area contributed by atoms with Gasteiger partial charge in [0.2, 0.25) is 0 Å². The van der Waals surface area contributed by atoms with Gasteiger partial charge in [0.1, 0.15) is 5.69 Å². The van der Waals surface area contributed by atoms with E-state index in [1.54, 1.807) is 48.5 Å². The monoisotopic (exact) mass is 305 g/mol. The first-order valence-corrected chi connectivity index (χ1v) is 6.76. The minimum absolute atomic E-state index is 0.432. The van der Waals surface area contributed by atoms with E-state index in [0.717, 1.165) is 5.56 Å². The van der Waals surface area contributed by atoms with Gasteiger partial charge in [-0.1, -0.05) is 28.9 Å². The second-order valence-corrected chi connectivity index (χ2v) is 4.98. The van der Waals surface area contributed by atoms with Crippen LogP contribution in [0.4, 0.5) is 0 Å². The molecule has 0 N–H and O–H groups in total. The summed E-state index contributed by atoms with van der Waals surface area (Å²) >= 11 is 6.16. The molecule has 0 unspecified atom stereocenters. The summed E-state index contributed by atoms with van der Waals surface area (Å²) in [7, 11) is 0. The Hall–Kier alpha value is -3.08. The zero-order valence-corrected chi connectivity index (χ0v) is 12.0. The van der Waals surface area contributed by atoms with E-state index >= 15 is 0 Å². The maximum absolute atomic E-state index is 8.85. The Morgan fingerprint density at radius 3 is 2.23 bits per heavy atom. The van der Waals surface area contributed by atoms with E-state index in [4.69, 9.17) is 26.6 Å². The molecule has 1 aromatic heterocycles. The fraction of sp³-hybridized carbons (Fsp3) is 0. The second-order valence-electron chi connectivity index (χ2n) is 4.57. The van der Waals surface area contributed by atoms with Crippen LogP contribution in [0.15, 0.2) is 53.1 Å². The van der Waals surface area contributed by atoms with Gasteiger partial charge in [-0.2, -0.15) is 10.5 Å². The summed E-state index contributed by atoms with van der Waals surface area (Å²) in [5, 5.41) is 22.1. The van der Waals surface area contributed by atoms with E-state index in [1.165, 1.54) is 0 Å². The van der Waals surface area contributed by atoms with Crippen LogP contribution in [0.3, 0.4) is 0 Å². The summed E-state index contributed by atoms with van der Waals surface area (Å²) in [6.07, 6.45) is 0. The van der Waals surface area contributed by atoms with E-state index in [-0.39, 0.29) is 0 Å². The number of aromatic nitrogens is 1. The van der Waals surface area contributed by atoms with Gasteiger partial charge in [0.25, 0.3) is 0 Å². The third-order valence-corrected chi connectivity index (χ3v) is 3.50. The molecular weight excluding hydrogens is 298 g/mol. The molecule has 0 aliphatic rings. The number of nitrogens with zero attached hydrogens (tertiary/aromatic N) is 3. The fourth-order valence-electron chi connectivity index (χ4n) is 2.04. The van der Waals surface area contributed by atoms with Gasteiger partial charge in [-0.05, 0) is 30.3 Å². The molecule has 3 aromatic rings. The molecule has 3 rings (SSSR count). The van der Waals surface area contributed by atoms with Crippen LogP contribution >= 0.6 is 11.6 Å². The van der Waals surface area contributed by atoms with Crippen LogP contribution in [0.2, 0.25) is 5.02 Å². The molecule has 0 atom stereocenters. The first kappa shape index (κ1) is 13.9. The lowest BCUT2D eigenvalue weighted by molar-refractivity contribution is 0.435. The first-order valence-electron chi connectivity index (χ1n) is 6.38. The summed E-state index contributed by atoms with van der Waals surface area (Å²) in [5.74, 6) is 0.522.